The van der Waals surface area contributed by atoms with Crippen LogP contribution in [-0.2, 0) is 6.54 Å². The maximum atomic E-state index is 9.59. The summed E-state index contributed by atoms with van der Waals surface area (Å²) in [5.41, 5.74) is 1.05. The number of aliphatic hydroxyl groups excluding tert-OH is 1. The highest BCUT2D eigenvalue weighted by molar-refractivity contribution is 9.10. The van der Waals surface area contributed by atoms with Crippen LogP contribution in [0.3, 0.4) is 0 Å². The third kappa shape index (κ3) is 3.69. The highest BCUT2D eigenvalue weighted by atomic mass is 79.9. The lowest BCUT2D eigenvalue weighted by Gasteiger charge is -2.27. The molecule has 17 heavy (non-hydrogen) atoms. The zero-order chi connectivity index (χ0) is 12.3. The minimum atomic E-state index is -0.158. The number of hydrogen-bond donors (Lipinski definition) is 3. The molecule has 1 saturated carbocycles. The summed E-state index contributed by atoms with van der Waals surface area (Å²) in [5, 5.41) is 22.4. The first-order valence-corrected chi connectivity index (χ1v) is 6.83. The van der Waals surface area contributed by atoms with Gasteiger partial charge in [-0.15, -0.1) is 0 Å². The van der Waals surface area contributed by atoms with Crippen LogP contribution >= 0.6 is 15.9 Å². The number of aliphatic hydroxyl groups is 1. The molecule has 1 fully saturated rings. The quantitative estimate of drug-likeness (QED) is 0.804. The summed E-state index contributed by atoms with van der Waals surface area (Å²) in [6.45, 7) is 0.715. The molecule has 1 aliphatic rings. The number of phenolic OH excluding ortho intramolecular Hbond substituents is 1. The smallest absolute Gasteiger partial charge is 0.115 e. The summed E-state index contributed by atoms with van der Waals surface area (Å²) in [6.07, 6.45) is 3.80. The largest absolute Gasteiger partial charge is 0.508 e. The van der Waals surface area contributed by atoms with Gasteiger partial charge in [0.05, 0.1) is 6.10 Å². The molecular formula is C13H18BrNO2. The Bertz CT molecular complexity index is 384. The molecule has 0 unspecified atom stereocenters. The van der Waals surface area contributed by atoms with E-state index in [4.69, 9.17) is 0 Å². The molecule has 4 heteroatoms. The predicted molar refractivity (Wildman–Crippen MR) is 70.9 cm³/mol. The summed E-state index contributed by atoms with van der Waals surface area (Å²) < 4.78 is 0.999. The van der Waals surface area contributed by atoms with Crippen molar-refractivity contribution in [3.8, 4) is 5.75 Å². The minimum absolute atomic E-state index is 0.158. The van der Waals surface area contributed by atoms with E-state index in [1.165, 1.54) is 0 Å². The Morgan fingerprint density at radius 2 is 2.18 bits per heavy atom. The van der Waals surface area contributed by atoms with E-state index in [9.17, 15) is 10.2 Å². The average Bonchev–Trinajstić information content (AvgIpc) is 2.30. The summed E-state index contributed by atoms with van der Waals surface area (Å²) in [4.78, 5) is 0. The lowest BCUT2D eigenvalue weighted by molar-refractivity contribution is 0.111. The Kier molecular flexibility index (Phi) is 4.42. The van der Waals surface area contributed by atoms with Crippen LogP contribution in [0.1, 0.15) is 31.2 Å². The highest BCUT2D eigenvalue weighted by Crippen LogP contribution is 2.23. The van der Waals surface area contributed by atoms with E-state index >= 15 is 0 Å². The van der Waals surface area contributed by atoms with E-state index < -0.39 is 0 Å². The van der Waals surface area contributed by atoms with Gasteiger partial charge >= 0.3 is 0 Å². The number of rotatable bonds is 3. The van der Waals surface area contributed by atoms with E-state index in [1.54, 1.807) is 12.1 Å². The Balaban J connectivity index is 1.90. The second kappa shape index (κ2) is 5.85. The molecule has 1 aliphatic carbocycles. The van der Waals surface area contributed by atoms with Gasteiger partial charge in [0.1, 0.15) is 5.75 Å². The molecule has 2 atom stereocenters. The van der Waals surface area contributed by atoms with Gasteiger partial charge in [0.2, 0.25) is 0 Å². The Morgan fingerprint density at radius 3 is 2.94 bits per heavy atom. The molecule has 3 N–H and O–H groups in total. The van der Waals surface area contributed by atoms with Crippen molar-refractivity contribution in [3.63, 3.8) is 0 Å². The summed E-state index contributed by atoms with van der Waals surface area (Å²) >= 11 is 3.47. The number of hydrogen-bond acceptors (Lipinski definition) is 3. The molecule has 0 heterocycles. The fraction of sp³-hybridized carbons (Fsp3) is 0.538. The summed E-state index contributed by atoms with van der Waals surface area (Å²) in [7, 11) is 0. The zero-order valence-electron chi connectivity index (χ0n) is 9.69. The van der Waals surface area contributed by atoms with E-state index in [0.717, 1.165) is 35.7 Å². The molecule has 3 nitrogen and oxygen atoms in total. The zero-order valence-corrected chi connectivity index (χ0v) is 11.3. The van der Waals surface area contributed by atoms with Crippen LogP contribution in [0.4, 0.5) is 0 Å². The highest BCUT2D eigenvalue weighted by Gasteiger charge is 2.19. The first kappa shape index (κ1) is 12.9. The SMILES string of the molecule is Oc1ccc(Br)c(CN[C@H]2CCC[C@@H](O)C2)c1. The van der Waals surface area contributed by atoms with Gasteiger partial charge in [-0.25, -0.2) is 0 Å². The Hall–Kier alpha value is -0.580. The molecule has 0 spiro atoms. The van der Waals surface area contributed by atoms with Crippen molar-refractivity contribution < 1.29 is 10.2 Å². The Morgan fingerprint density at radius 1 is 1.35 bits per heavy atom. The van der Waals surface area contributed by atoms with E-state index in [0.29, 0.717) is 12.6 Å². The molecule has 0 aromatic heterocycles. The maximum absolute atomic E-state index is 9.59. The van der Waals surface area contributed by atoms with Crippen LogP contribution in [0.25, 0.3) is 0 Å². The van der Waals surface area contributed by atoms with Gasteiger partial charge in [-0.3, -0.25) is 0 Å². The molecule has 0 radical (unpaired) electrons. The molecule has 0 saturated heterocycles. The van der Waals surface area contributed by atoms with Crippen molar-refractivity contribution in [2.75, 3.05) is 0 Å². The first-order chi connectivity index (χ1) is 8.15. The standard InChI is InChI=1S/C13H18BrNO2/c14-13-5-4-12(17)6-9(13)8-15-10-2-1-3-11(16)7-10/h4-6,10-11,15-17H,1-3,7-8H2/t10-,11+/m0/s1. The number of phenols is 1. The van der Waals surface area contributed by atoms with Crippen LogP contribution in [0.15, 0.2) is 22.7 Å². The molecule has 0 amide bonds. The van der Waals surface area contributed by atoms with Crippen molar-refractivity contribution in [1.29, 1.82) is 0 Å². The third-order valence-electron chi connectivity index (χ3n) is 3.26. The van der Waals surface area contributed by atoms with Crippen LogP contribution in [-0.4, -0.2) is 22.4 Å². The van der Waals surface area contributed by atoms with Crippen molar-refractivity contribution in [2.24, 2.45) is 0 Å². The van der Waals surface area contributed by atoms with Crippen molar-refractivity contribution in [3.05, 3.63) is 28.2 Å². The third-order valence-corrected chi connectivity index (χ3v) is 4.03. The van der Waals surface area contributed by atoms with Crippen LogP contribution in [0.5, 0.6) is 5.75 Å². The lowest BCUT2D eigenvalue weighted by atomic mass is 9.93. The fourth-order valence-electron chi connectivity index (χ4n) is 2.30. The molecule has 0 bridgehead atoms. The van der Waals surface area contributed by atoms with E-state index in [2.05, 4.69) is 21.2 Å². The first-order valence-electron chi connectivity index (χ1n) is 6.04. The van der Waals surface area contributed by atoms with Gasteiger partial charge in [-0.05, 0) is 49.4 Å². The van der Waals surface area contributed by atoms with Gasteiger partial charge in [-0.1, -0.05) is 15.9 Å². The summed E-state index contributed by atoms with van der Waals surface area (Å²) in [6, 6.07) is 5.66. The monoisotopic (exact) mass is 299 g/mol. The molecule has 0 aliphatic heterocycles. The van der Waals surface area contributed by atoms with Gasteiger partial charge in [-0.2, -0.15) is 0 Å². The van der Waals surface area contributed by atoms with Gasteiger partial charge in [0.25, 0.3) is 0 Å². The number of aromatic hydroxyl groups is 1. The number of nitrogens with one attached hydrogen (secondary N) is 1. The molecule has 1 aromatic carbocycles. The maximum Gasteiger partial charge on any atom is 0.115 e. The fourth-order valence-corrected chi connectivity index (χ4v) is 2.69. The average molecular weight is 300 g/mol. The second-order valence-electron chi connectivity index (χ2n) is 4.67. The van der Waals surface area contributed by atoms with E-state index in [-0.39, 0.29) is 11.9 Å². The molecule has 94 valence electrons. The normalized spacial score (nSPS) is 24.8. The van der Waals surface area contributed by atoms with Crippen LogP contribution in [0, 0.1) is 0 Å². The second-order valence-corrected chi connectivity index (χ2v) is 5.53. The molecule has 2 rings (SSSR count). The van der Waals surface area contributed by atoms with Crippen molar-refractivity contribution in [1.82, 2.24) is 5.32 Å². The topological polar surface area (TPSA) is 52.5 Å². The van der Waals surface area contributed by atoms with Crippen molar-refractivity contribution in [2.45, 2.75) is 44.4 Å². The van der Waals surface area contributed by atoms with Gasteiger partial charge < -0.3 is 15.5 Å². The number of halogens is 1. The van der Waals surface area contributed by atoms with Crippen LogP contribution in [0.2, 0.25) is 0 Å². The Labute approximate surface area is 110 Å². The minimum Gasteiger partial charge on any atom is -0.508 e. The van der Waals surface area contributed by atoms with E-state index in [1.807, 2.05) is 6.07 Å². The van der Waals surface area contributed by atoms with Gasteiger partial charge in [0, 0.05) is 17.1 Å². The van der Waals surface area contributed by atoms with Crippen molar-refractivity contribution >= 4 is 15.9 Å². The molecule has 1 aromatic rings. The number of benzene rings is 1. The van der Waals surface area contributed by atoms with Gasteiger partial charge in [0.15, 0.2) is 0 Å². The molecular weight excluding hydrogens is 282 g/mol. The van der Waals surface area contributed by atoms with Crippen LogP contribution < -0.4 is 5.32 Å². The predicted octanol–water partition coefficient (Wildman–Crippen LogP) is 2.55. The summed E-state index contributed by atoms with van der Waals surface area (Å²) in [5.74, 6) is 0.286. The lowest BCUT2D eigenvalue weighted by Crippen LogP contribution is -2.35.